The molecule has 1 aromatic heterocycles. The molecule has 0 fully saturated rings. The lowest BCUT2D eigenvalue weighted by Gasteiger charge is -2.13. The number of hydrogen-bond donors (Lipinski definition) is 2. The highest BCUT2D eigenvalue weighted by Crippen LogP contribution is 2.29. The van der Waals surface area contributed by atoms with Crippen molar-refractivity contribution < 1.29 is 9.53 Å². The second-order valence-electron chi connectivity index (χ2n) is 5.52. The molecular weight excluding hydrogens is 320 g/mol. The first-order valence-electron chi connectivity index (χ1n) is 7.49. The van der Waals surface area contributed by atoms with Gasteiger partial charge in [0.2, 0.25) is 0 Å². The standard InChI is InChI=1S/C19H18N2O2S/c1-12-16(20)7-14(19(22)13-5-3-2-4-6-13)8-18(12)23-9-15-10-24-11-17(15)21/h2-8,10-11H,9,20-21H2,1H3. The summed E-state index contributed by atoms with van der Waals surface area (Å²) in [6, 6.07) is 12.5. The summed E-state index contributed by atoms with van der Waals surface area (Å²) in [6.07, 6.45) is 0. The molecule has 0 aliphatic heterocycles. The van der Waals surface area contributed by atoms with Crippen molar-refractivity contribution in [3.8, 4) is 5.75 Å². The molecule has 1 heterocycles. The van der Waals surface area contributed by atoms with Crippen molar-refractivity contribution in [2.75, 3.05) is 11.5 Å². The van der Waals surface area contributed by atoms with E-state index in [0.29, 0.717) is 34.9 Å². The molecule has 0 bridgehead atoms. The summed E-state index contributed by atoms with van der Waals surface area (Å²) < 4.78 is 5.86. The second-order valence-corrected chi connectivity index (χ2v) is 6.27. The Bertz CT molecular complexity index is 872. The van der Waals surface area contributed by atoms with Gasteiger partial charge in [-0.05, 0) is 24.4 Å². The van der Waals surface area contributed by atoms with Gasteiger partial charge in [0.25, 0.3) is 0 Å². The first-order valence-corrected chi connectivity index (χ1v) is 8.43. The van der Waals surface area contributed by atoms with Crippen LogP contribution in [-0.4, -0.2) is 5.78 Å². The Hall–Kier alpha value is -2.79. The molecule has 0 atom stereocenters. The quantitative estimate of drug-likeness (QED) is 0.544. The van der Waals surface area contributed by atoms with Crippen LogP contribution in [0.2, 0.25) is 0 Å². The molecule has 24 heavy (non-hydrogen) atoms. The highest BCUT2D eigenvalue weighted by atomic mass is 32.1. The molecule has 0 saturated heterocycles. The number of carbonyl (C=O) groups excluding carboxylic acids is 1. The van der Waals surface area contributed by atoms with Crippen LogP contribution in [0.1, 0.15) is 27.0 Å². The van der Waals surface area contributed by atoms with E-state index in [2.05, 4.69) is 0 Å². The lowest BCUT2D eigenvalue weighted by Crippen LogP contribution is -2.06. The van der Waals surface area contributed by atoms with Crippen LogP contribution in [0.25, 0.3) is 0 Å². The normalized spacial score (nSPS) is 10.5. The third-order valence-electron chi connectivity index (χ3n) is 3.86. The van der Waals surface area contributed by atoms with E-state index in [1.807, 2.05) is 35.9 Å². The van der Waals surface area contributed by atoms with Crippen molar-refractivity contribution in [2.24, 2.45) is 0 Å². The predicted molar refractivity (Wildman–Crippen MR) is 98.5 cm³/mol. The van der Waals surface area contributed by atoms with Gasteiger partial charge >= 0.3 is 0 Å². The molecule has 2 aromatic carbocycles. The number of thiophene rings is 1. The number of rotatable bonds is 5. The topological polar surface area (TPSA) is 78.3 Å². The fraction of sp³-hybridized carbons (Fsp3) is 0.105. The van der Waals surface area contributed by atoms with Crippen LogP contribution >= 0.6 is 11.3 Å². The molecule has 122 valence electrons. The summed E-state index contributed by atoms with van der Waals surface area (Å²) in [5, 5.41) is 3.82. The summed E-state index contributed by atoms with van der Waals surface area (Å²) in [7, 11) is 0. The number of anilines is 2. The van der Waals surface area contributed by atoms with E-state index in [1.165, 1.54) is 11.3 Å². The summed E-state index contributed by atoms with van der Waals surface area (Å²) in [5.74, 6) is 0.516. The van der Waals surface area contributed by atoms with Gasteiger partial charge in [-0.1, -0.05) is 30.3 Å². The maximum absolute atomic E-state index is 12.6. The summed E-state index contributed by atoms with van der Waals surface area (Å²) in [5.41, 5.74) is 16.1. The number of nitrogen functional groups attached to an aromatic ring is 2. The summed E-state index contributed by atoms with van der Waals surface area (Å²) in [6.45, 7) is 2.22. The SMILES string of the molecule is Cc1c(N)cc(C(=O)c2ccccc2)cc1OCc1cscc1N. The maximum atomic E-state index is 12.6. The predicted octanol–water partition coefficient (Wildman–Crippen LogP) is 4.03. The van der Waals surface area contributed by atoms with Crippen LogP contribution in [0.3, 0.4) is 0 Å². The Morgan fingerprint density at radius 2 is 1.79 bits per heavy atom. The number of ether oxygens (including phenoxy) is 1. The smallest absolute Gasteiger partial charge is 0.193 e. The minimum atomic E-state index is -0.0813. The molecule has 0 unspecified atom stereocenters. The van der Waals surface area contributed by atoms with Crippen LogP contribution < -0.4 is 16.2 Å². The van der Waals surface area contributed by atoms with Gasteiger partial charge in [0, 0.05) is 39.0 Å². The largest absolute Gasteiger partial charge is 0.488 e. The van der Waals surface area contributed by atoms with E-state index >= 15 is 0 Å². The van der Waals surface area contributed by atoms with Gasteiger partial charge in [-0.25, -0.2) is 0 Å². The van der Waals surface area contributed by atoms with Crippen molar-refractivity contribution in [1.82, 2.24) is 0 Å². The minimum Gasteiger partial charge on any atom is -0.488 e. The van der Waals surface area contributed by atoms with E-state index in [4.69, 9.17) is 16.2 Å². The van der Waals surface area contributed by atoms with Crippen LogP contribution in [0.15, 0.2) is 53.2 Å². The number of carbonyl (C=O) groups is 1. The maximum Gasteiger partial charge on any atom is 0.193 e. The zero-order valence-corrected chi connectivity index (χ0v) is 14.1. The average molecular weight is 338 g/mol. The molecule has 0 radical (unpaired) electrons. The van der Waals surface area contributed by atoms with Crippen molar-refractivity contribution in [2.45, 2.75) is 13.5 Å². The first-order chi connectivity index (χ1) is 11.6. The van der Waals surface area contributed by atoms with Crippen LogP contribution in [0.5, 0.6) is 5.75 Å². The molecule has 4 N–H and O–H groups in total. The monoisotopic (exact) mass is 338 g/mol. The number of ketones is 1. The molecule has 0 amide bonds. The van der Waals surface area contributed by atoms with E-state index in [9.17, 15) is 4.79 Å². The van der Waals surface area contributed by atoms with Gasteiger partial charge in [-0.2, -0.15) is 0 Å². The average Bonchev–Trinajstić information content (AvgIpc) is 3.01. The third-order valence-corrected chi connectivity index (χ3v) is 4.67. The molecule has 3 aromatic rings. The Balaban J connectivity index is 1.88. The highest BCUT2D eigenvalue weighted by Gasteiger charge is 2.14. The van der Waals surface area contributed by atoms with Crippen LogP contribution in [0, 0.1) is 6.92 Å². The molecule has 0 aliphatic carbocycles. The zero-order chi connectivity index (χ0) is 17.1. The van der Waals surface area contributed by atoms with Crippen molar-refractivity contribution >= 4 is 28.5 Å². The Labute approximate surface area is 144 Å². The molecule has 3 rings (SSSR count). The molecule has 4 nitrogen and oxygen atoms in total. The number of hydrogen-bond acceptors (Lipinski definition) is 5. The van der Waals surface area contributed by atoms with Gasteiger partial charge in [0.05, 0.1) is 0 Å². The minimum absolute atomic E-state index is 0.0813. The first kappa shape index (κ1) is 16.1. The van der Waals surface area contributed by atoms with E-state index in [1.54, 1.807) is 24.3 Å². The molecule has 0 aliphatic rings. The Morgan fingerprint density at radius 1 is 1.04 bits per heavy atom. The Kier molecular flexibility index (Phi) is 4.53. The fourth-order valence-corrected chi connectivity index (χ4v) is 3.09. The lowest BCUT2D eigenvalue weighted by molar-refractivity contribution is 0.103. The number of nitrogens with two attached hydrogens (primary N) is 2. The molecule has 0 spiro atoms. The fourth-order valence-electron chi connectivity index (χ4n) is 2.35. The second kappa shape index (κ2) is 6.76. The van der Waals surface area contributed by atoms with E-state index in [-0.39, 0.29) is 5.78 Å². The van der Waals surface area contributed by atoms with Gasteiger partial charge in [0.15, 0.2) is 5.78 Å². The van der Waals surface area contributed by atoms with Gasteiger partial charge in [-0.3, -0.25) is 4.79 Å². The van der Waals surface area contributed by atoms with Gasteiger partial charge in [0.1, 0.15) is 12.4 Å². The molecule has 0 saturated carbocycles. The van der Waals surface area contributed by atoms with Crippen molar-refractivity contribution in [3.05, 3.63) is 75.5 Å². The summed E-state index contributed by atoms with van der Waals surface area (Å²) in [4.78, 5) is 12.6. The molecular formula is C19H18N2O2S. The zero-order valence-electron chi connectivity index (χ0n) is 13.3. The third kappa shape index (κ3) is 3.26. The summed E-state index contributed by atoms with van der Waals surface area (Å²) >= 11 is 1.53. The molecule has 5 heteroatoms. The van der Waals surface area contributed by atoms with Crippen LogP contribution in [-0.2, 0) is 6.61 Å². The Morgan fingerprint density at radius 3 is 2.46 bits per heavy atom. The van der Waals surface area contributed by atoms with E-state index < -0.39 is 0 Å². The number of benzene rings is 2. The van der Waals surface area contributed by atoms with Crippen molar-refractivity contribution in [1.29, 1.82) is 0 Å². The van der Waals surface area contributed by atoms with Gasteiger partial charge < -0.3 is 16.2 Å². The van der Waals surface area contributed by atoms with Crippen molar-refractivity contribution in [3.63, 3.8) is 0 Å². The van der Waals surface area contributed by atoms with Gasteiger partial charge in [-0.15, -0.1) is 11.3 Å². The van der Waals surface area contributed by atoms with E-state index in [0.717, 1.165) is 11.1 Å². The lowest BCUT2D eigenvalue weighted by atomic mass is 10.0. The highest BCUT2D eigenvalue weighted by molar-refractivity contribution is 7.08. The van der Waals surface area contributed by atoms with Crippen LogP contribution in [0.4, 0.5) is 11.4 Å².